The number of piperidine rings is 1. The first-order valence-corrected chi connectivity index (χ1v) is 8.73. The van der Waals surface area contributed by atoms with Crippen molar-refractivity contribution in [3.8, 4) is 5.75 Å². The molecule has 26 heavy (non-hydrogen) atoms. The molecule has 0 unspecified atom stereocenters. The van der Waals surface area contributed by atoms with Crippen LogP contribution in [0.25, 0.3) is 5.65 Å². The molecule has 3 aromatic rings. The first-order chi connectivity index (χ1) is 12.7. The van der Waals surface area contributed by atoms with Crippen molar-refractivity contribution in [2.45, 2.75) is 12.8 Å². The van der Waals surface area contributed by atoms with E-state index in [-0.39, 0.29) is 11.8 Å². The summed E-state index contributed by atoms with van der Waals surface area (Å²) in [5.41, 5.74) is 1.63. The van der Waals surface area contributed by atoms with E-state index in [1.165, 1.54) is 0 Å². The molecule has 4 rings (SSSR count). The highest BCUT2D eigenvalue weighted by Crippen LogP contribution is 2.25. The minimum atomic E-state index is 0.0169. The summed E-state index contributed by atoms with van der Waals surface area (Å²) in [7, 11) is 1.63. The van der Waals surface area contributed by atoms with Crippen LogP contribution >= 0.6 is 0 Å². The number of amides is 1. The number of ether oxygens (including phenoxy) is 1. The second-order valence-corrected chi connectivity index (χ2v) is 6.38. The zero-order valence-corrected chi connectivity index (χ0v) is 14.6. The molecule has 0 bridgehead atoms. The van der Waals surface area contributed by atoms with Crippen molar-refractivity contribution in [2.24, 2.45) is 5.92 Å². The summed E-state index contributed by atoms with van der Waals surface area (Å²) in [6, 6.07) is 11.3. The van der Waals surface area contributed by atoms with Crippen LogP contribution in [0.5, 0.6) is 5.75 Å². The molecule has 3 heterocycles. The summed E-state index contributed by atoms with van der Waals surface area (Å²) in [5, 5.41) is 7.34. The van der Waals surface area contributed by atoms with Gasteiger partial charge in [-0.25, -0.2) is 4.98 Å². The van der Waals surface area contributed by atoms with Crippen molar-refractivity contribution in [2.75, 3.05) is 30.4 Å². The van der Waals surface area contributed by atoms with Crippen molar-refractivity contribution < 1.29 is 9.53 Å². The van der Waals surface area contributed by atoms with Gasteiger partial charge in [0.1, 0.15) is 11.6 Å². The summed E-state index contributed by atoms with van der Waals surface area (Å²) in [5.74, 6) is 1.89. The molecule has 0 aliphatic carbocycles. The van der Waals surface area contributed by atoms with E-state index in [0.717, 1.165) is 48.8 Å². The predicted molar refractivity (Wildman–Crippen MR) is 99.5 cm³/mol. The number of benzene rings is 1. The lowest BCUT2D eigenvalue weighted by Gasteiger charge is -2.32. The van der Waals surface area contributed by atoms with E-state index in [1.54, 1.807) is 19.5 Å². The van der Waals surface area contributed by atoms with E-state index in [1.807, 2.05) is 40.9 Å². The monoisotopic (exact) mass is 351 g/mol. The van der Waals surface area contributed by atoms with Crippen molar-refractivity contribution in [3.63, 3.8) is 0 Å². The van der Waals surface area contributed by atoms with Gasteiger partial charge < -0.3 is 15.0 Å². The number of carbonyl (C=O) groups is 1. The Morgan fingerprint density at radius 2 is 1.88 bits per heavy atom. The third-order valence-electron chi connectivity index (χ3n) is 4.82. The smallest absolute Gasteiger partial charge is 0.227 e. The molecular weight excluding hydrogens is 330 g/mol. The highest BCUT2D eigenvalue weighted by Gasteiger charge is 2.26. The van der Waals surface area contributed by atoms with Gasteiger partial charge in [0.2, 0.25) is 5.91 Å². The summed E-state index contributed by atoms with van der Waals surface area (Å²) in [6.45, 7) is 1.64. The molecule has 0 atom stereocenters. The maximum absolute atomic E-state index is 12.5. The number of anilines is 2. The van der Waals surface area contributed by atoms with Crippen molar-refractivity contribution in [1.29, 1.82) is 0 Å². The highest BCUT2D eigenvalue weighted by molar-refractivity contribution is 5.92. The number of hydrogen-bond donors (Lipinski definition) is 1. The van der Waals surface area contributed by atoms with Gasteiger partial charge in [-0.2, -0.15) is 9.61 Å². The summed E-state index contributed by atoms with van der Waals surface area (Å²) in [6.07, 6.45) is 5.18. The quantitative estimate of drug-likeness (QED) is 0.782. The van der Waals surface area contributed by atoms with E-state index in [4.69, 9.17) is 4.74 Å². The minimum absolute atomic E-state index is 0.0169. The molecular formula is C19H21N5O2. The molecule has 1 fully saturated rings. The number of rotatable bonds is 4. The lowest BCUT2D eigenvalue weighted by molar-refractivity contribution is -0.120. The van der Waals surface area contributed by atoms with Gasteiger partial charge in [0.15, 0.2) is 5.65 Å². The molecule has 1 saturated heterocycles. The van der Waals surface area contributed by atoms with Crippen LogP contribution in [-0.4, -0.2) is 40.7 Å². The van der Waals surface area contributed by atoms with E-state index in [0.29, 0.717) is 0 Å². The van der Waals surface area contributed by atoms with Crippen LogP contribution in [-0.2, 0) is 4.79 Å². The molecule has 1 aliphatic rings. The topological polar surface area (TPSA) is 71.8 Å². The Bertz CT molecular complexity index is 898. The number of aromatic nitrogens is 3. The van der Waals surface area contributed by atoms with Gasteiger partial charge in [0.25, 0.3) is 0 Å². The maximum atomic E-state index is 12.5. The van der Waals surface area contributed by atoms with Crippen LogP contribution in [0, 0.1) is 5.92 Å². The summed E-state index contributed by atoms with van der Waals surface area (Å²) >= 11 is 0. The number of nitrogens with zero attached hydrogens (tertiary/aromatic N) is 4. The molecule has 1 N–H and O–H groups in total. The Morgan fingerprint density at radius 1 is 1.12 bits per heavy atom. The average molecular weight is 351 g/mol. The third-order valence-corrected chi connectivity index (χ3v) is 4.82. The van der Waals surface area contributed by atoms with Crippen LogP contribution in [0.4, 0.5) is 11.5 Å². The summed E-state index contributed by atoms with van der Waals surface area (Å²) in [4.78, 5) is 19.1. The van der Waals surface area contributed by atoms with Crippen molar-refractivity contribution in [1.82, 2.24) is 14.6 Å². The van der Waals surface area contributed by atoms with Gasteiger partial charge in [0, 0.05) is 37.0 Å². The lowest BCUT2D eigenvalue weighted by Crippen LogP contribution is -2.39. The van der Waals surface area contributed by atoms with E-state index >= 15 is 0 Å². The largest absolute Gasteiger partial charge is 0.497 e. The fourth-order valence-electron chi connectivity index (χ4n) is 3.35. The second-order valence-electron chi connectivity index (χ2n) is 6.38. The number of hydrogen-bond acceptors (Lipinski definition) is 5. The second kappa shape index (κ2) is 7.03. The molecule has 0 radical (unpaired) electrons. The van der Waals surface area contributed by atoms with Crippen LogP contribution < -0.4 is 15.0 Å². The minimum Gasteiger partial charge on any atom is -0.497 e. The third kappa shape index (κ3) is 3.20. The van der Waals surface area contributed by atoms with Crippen LogP contribution in [0.1, 0.15) is 12.8 Å². The Kier molecular flexibility index (Phi) is 4.43. The molecule has 0 spiro atoms. The highest BCUT2D eigenvalue weighted by atomic mass is 16.5. The number of methoxy groups -OCH3 is 1. The SMILES string of the molecule is COc1ccc(NC(=O)C2CCN(c3ccnc4ccnn34)CC2)cc1. The van der Waals surface area contributed by atoms with Crippen LogP contribution in [0.3, 0.4) is 0 Å². The Hall–Kier alpha value is -3.09. The summed E-state index contributed by atoms with van der Waals surface area (Å²) < 4.78 is 6.98. The van der Waals surface area contributed by atoms with Gasteiger partial charge in [-0.3, -0.25) is 4.79 Å². The number of carbonyl (C=O) groups excluding carboxylic acids is 1. The molecule has 1 amide bonds. The Balaban J connectivity index is 1.38. The van der Waals surface area contributed by atoms with Gasteiger partial charge >= 0.3 is 0 Å². The standard InChI is InChI=1S/C19H21N5O2/c1-26-16-4-2-15(3-5-16)22-19(25)14-8-12-23(13-9-14)18-7-10-20-17-6-11-21-24(17)18/h2-7,10-11,14H,8-9,12-13H2,1H3,(H,22,25). The fraction of sp³-hybridized carbons (Fsp3) is 0.316. The molecule has 7 heteroatoms. The van der Waals surface area contributed by atoms with Gasteiger partial charge in [-0.1, -0.05) is 0 Å². The fourth-order valence-corrected chi connectivity index (χ4v) is 3.35. The van der Waals surface area contributed by atoms with Crippen LogP contribution in [0.2, 0.25) is 0 Å². The van der Waals surface area contributed by atoms with Crippen molar-refractivity contribution in [3.05, 3.63) is 48.8 Å². The first kappa shape index (κ1) is 16.4. The molecule has 2 aromatic heterocycles. The zero-order chi connectivity index (χ0) is 17.9. The number of nitrogens with one attached hydrogen (secondary N) is 1. The molecule has 134 valence electrons. The van der Waals surface area contributed by atoms with E-state index in [2.05, 4.69) is 20.3 Å². The van der Waals surface area contributed by atoms with Gasteiger partial charge in [0.05, 0.1) is 13.3 Å². The first-order valence-electron chi connectivity index (χ1n) is 8.73. The predicted octanol–water partition coefficient (Wildman–Crippen LogP) is 2.59. The van der Waals surface area contributed by atoms with Gasteiger partial charge in [-0.15, -0.1) is 0 Å². The Labute approximate surface area is 151 Å². The molecule has 7 nitrogen and oxygen atoms in total. The van der Waals surface area contributed by atoms with E-state index in [9.17, 15) is 4.79 Å². The maximum Gasteiger partial charge on any atom is 0.227 e. The molecule has 1 aliphatic heterocycles. The zero-order valence-electron chi connectivity index (χ0n) is 14.6. The average Bonchev–Trinajstić information content (AvgIpc) is 3.17. The normalized spacial score (nSPS) is 15.2. The van der Waals surface area contributed by atoms with Crippen LogP contribution in [0.15, 0.2) is 48.8 Å². The van der Waals surface area contributed by atoms with Gasteiger partial charge in [-0.05, 0) is 43.2 Å². The molecule has 1 aromatic carbocycles. The Morgan fingerprint density at radius 3 is 2.62 bits per heavy atom. The van der Waals surface area contributed by atoms with Crippen molar-refractivity contribution >= 4 is 23.1 Å². The molecule has 0 saturated carbocycles. The number of fused-ring (bicyclic) bond motifs is 1. The van der Waals surface area contributed by atoms with E-state index < -0.39 is 0 Å². The lowest BCUT2D eigenvalue weighted by atomic mass is 9.96.